The van der Waals surface area contributed by atoms with Crippen LogP contribution in [-0.4, -0.2) is 74.5 Å². The number of hydrogen-bond acceptors (Lipinski definition) is 7. The van der Waals surface area contributed by atoms with E-state index in [9.17, 15) is 29.4 Å². The number of aliphatic hydroxyl groups is 1. The summed E-state index contributed by atoms with van der Waals surface area (Å²) in [5.41, 5.74) is 0.389. The second kappa shape index (κ2) is 10.4. The largest absolute Gasteiger partial charge is 0.478 e. The van der Waals surface area contributed by atoms with Crippen LogP contribution in [-0.2, 0) is 14.4 Å². The molecule has 0 spiro atoms. The van der Waals surface area contributed by atoms with E-state index >= 15 is 0 Å². The van der Waals surface area contributed by atoms with Crippen LogP contribution in [0.5, 0.6) is 0 Å². The Balaban J connectivity index is 1.66. The van der Waals surface area contributed by atoms with E-state index < -0.39 is 30.0 Å². The highest BCUT2D eigenvalue weighted by Crippen LogP contribution is 2.41. The molecule has 4 atom stereocenters. The summed E-state index contributed by atoms with van der Waals surface area (Å²) in [5, 5.41) is 34.1. The second-order valence-electron chi connectivity index (χ2n) is 8.29. The molecule has 2 aliphatic rings. The van der Waals surface area contributed by atoms with Crippen molar-refractivity contribution in [3.63, 3.8) is 0 Å². The van der Waals surface area contributed by atoms with E-state index in [0.29, 0.717) is 23.6 Å². The molecule has 33 heavy (non-hydrogen) atoms. The van der Waals surface area contributed by atoms with Gasteiger partial charge >= 0.3 is 11.9 Å². The zero-order chi connectivity index (χ0) is 24.3. The van der Waals surface area contributed by atoms with E-state index in [-0.39, 0.29) is 41.3 Å². The number of rotatable bonds is 8. The maximum absolute atomic E-state index is 12.6. The molecule has 2 amide bonds. The van der Waals surface area contributed by atoms with Crippen LogP contribution in [0, 0.1) is 5.92 Å². The summed E-state index contributed by atoms with van der Waals surface area (Å²) in [6.45, 7) is 4.04. The zero-order valence-corrected chi connectivity index (χ0v) is 19.1. The fourth-order valence-electron chi connectivity index (χ4n) is 3.93. The minimum Gasteiger partial charge on any atom is -0.478 e. The molecule has 2 heterocycles. The Morgan fingerprint density at radius 1 is 1.24 bits per heavy atom. The monoisotopic (exact) mass is 477 g/mol. The van der Waals surface area contributed by atoms with Gasteiger partial charge in [0.05, 0.1) is 24.1 Å². The van der Waals surface area contributed by atoms with Crippen molar-refractivity contribution in [2.24, 2.45) is 5.92 Å². The van der Waals surface area contributed by atoms with Crippen molar-refractivity contribution >= 4 is 41.2 Å². The molecule has 10 nitrogen and oxygen atoms in total. The molecule has 0 radical (unpaired) electrons. The molecule has 1 aromatic rings. The standard InChI is InChI=1S/C22H27N3O7S/c1-11-10-25(17(27)6-12(2)26)18(22(31)32)19(11)33-15-8-16(23-9-15)20(28)24-14-5-3-4-13(7-14)21(29)30/h3-5,7,11-12,15-16,23,26H,6,8-10H2,1-2H3,(H,24,28)(H,29,30)(H,31,32). The number of carbonyl (C=O) groups is 4. The lowest BCUT2D eigenvalue weighted by molar-refractivity contribution is -0.140. The highest BCUT2D eigenvalue weighted by Gasteiger charge is 2.39. The van der Waals surface area contributed by atoms with Gasteiger partial charge in [-0.25, -0.2) is 9.59 Å². The molecule has 11 heteroatoms. The summed E-state index contributed by atoms with van der Waals surface area (Å²) in [6.07, 6.45) is -0.577. The average molecular weight is 478 g/mol. The lowest BCUT2D eigenvalue weighted by Crippen LogP contribution is -2.35. The van der Waals surface area contributed by atoms with Gasteiger partial charge < -0.3 is 30.9 Å². The molecule has 1 fully saturated rings. The molecule has 4 unspecified atom stereocenters. The number of nitrogens with zero attached hydrogens (tertiary/aromatic N) is 1. The summed E-state index contributed by atoms with van der Waals surface area (Å²) in [4.78, 5) is 49.9. The van der Waals surface area contributed by atoms with Crippen LogP contribution < -0.4 is 10.6 Å². The highest BCUT2D eigenvalue weighted by molar-refractivity contribution is 8.03. The number of anilines is 1. The van der Waals surface area contributed by atoms with Crippen molar-refractivity contribution in [2.75, 3.05) is 18.4 Å². The van der Waals surface area contributed by atoms with Gasteiger partial charge in [0.25, 0.3) is 0 Å². The van der Waals surface area contributed by atoms with Crippen LogP contribution in [0.1, 0.15) is 37.0 Å². The van der Waals surface area contributed by atoms with Crippen LogP contribution in [0.2, 0.25) is 0 Å². The summed E-state index contributed by atoms with van der Waals surface area (Å²) in [6, 6.07) is 5.45. The highest BCUT2D eigenvalue weighted by atomic mass is 32.2. The van der Waals surface area contributed by atoms with Gasteiger partial charge in [0.1, 0.15) is 5.70 Å². The third-order valence-electron chi connectivity index (χ3n) is 5.46. The Kier molecular flexibility index (Phi) is 7.77. The SMILES string of the molecule is CC(O)CC(=O)N1CC(C)C(SC2CNC(C(=O)Nc3cccc(C(=O)O)c3)C2)=C1C(=O)O. The first-order valence-corrected chi connectivity index (χ1v) is 11.4. The number of aliphatic hydroxyl groups excluding tert-OH is 1. The number of carbonyl (C=O) groups excluding carboxylic acids is 2. The van der Waals surface area contributed by atoms with Crippen molar-refractivity contribution in [3.05, 3.63) is 40.4 Å². The van der Waals surface area contributed by atoms with Gasteiger partial charge in [-0.15, -0.1) is 11.8 Å². The predicted molar refractivity (Wildman–Crippen MR) is 122 cm³/mol. The van der Waals surface area contributed by atoms with Gasteiger partial charge in [-0.1, -0.05) is 13.0 Å². The maximum atomic E-state index is 12.6. The fourth-order valence-corrected chi connectivity index (χ4v) is 5.37. The Bertz CT molecular complexity index is 994. The number of aliphatic carboxylic acids is 1. The summed E-state index contributed by atoms with van der Waals surface area (Å²) in [7, 11) is 0. The van der Waals surface area contributed by atoms with E-state index in [2.05, 4.69) is 10.6 Å². The van der Waals surface area contributed by atoms with Crippen molar-refractivity contribution in [3.8, 4) is 0 Å². The minimum absolute atomic E-state index is 0.0588. The van der Waals surface area contributed by atoms with Crippen LogP contribution in [0.3, 0.4) is 0 Å². The zero-order valence-electron chi connectivity index (χ0n) is 18.3. The summed E-state index contributed by atoms with van der Waals surface area (Å²) < 4.78 is 0. The number of amides is 2. The smallest absolute Gasteiger partial charge is 0.353 e. The van der Waals surface area contributed by atoms with Crippen LogP contribution in [0.25, 0.3) is 0 Å². The van der Waals surface area contributed by atoms with E-state index in [1.807, 2.05) is 6.92 Å². The maximum Gasteiger partial charge on any atom is 0.353 e. The lowest BCUT2D eigenvalue weighted by Gasteiger charge is -2.19. The van der Waals surface area contributed by atoms with Crippen molar-refractivity contribution < 1.29 is 34.5 Å². The molecular weight excluding hydrogens is 450 g/mol. The number of thioether (sulfide) groups is 1. The third-order valence-corrected chi connectivity index (χ3v) is 7.00. The topological polar surface area (TPSA) is 156 Å². The normalized spacial score (nSPS) is 23.5. The number of hydrogen-bond donors (Lipinski definition) is 5. The first kappa shape index (κ1) is 24.7. The van der Waals surface area contributed by atoms with E-state index in [1.54, 1.807) is 12.1 Å². The number of nitrogens with one attached hydrogen (secondary N) is 2. The van der Waals surface area contributed by atoms with E-state index in [4.69, 9.17) is 5.11 Å². The first-order valence-electron chi connectivity index (χ1n) is 10.6. The molecule has 0 bridgehead atoms. The molecule has 2 aliphatic heterocycles. The summed E-state index contributed by atoms with van der Waals surface area (Å²) in [5.74, 6) is -3.20. The quantitative estimate of drug-likeness (QED) is 0.373. The van der Waals surface area contributed by atoms with Crippen LogP contribution >= 0.6 is 11.8 Å². The van der Waals surface area contributed by atoms with Crippen molar-refractivity contribution in [1.29, 1.82) is 0 Å². The van der Waals surface area contributed by atoms with Crippen LogP contribution in [0.4, 0.5) is 5.69 Å². The minimum atomic E-state index is -1.20. The van der Waals surface area contributed by atoms with Gasteiger partial charge in [-0.3, -0.25) is 9.59 Å². The van der Waals surface area contributed by atoms with Gasteiger partial charge in [0, 0.05) is 34.8 Å². The molecule has 3 rings (SSSR count). The summed E-state index contributed by atoms with van der Waals surface area (Å²) >= 11 is 1.36. The Hall–Kier alpha value is -2.89. The van der Waals surface area contributed by atoms with Gasteiger partial charge in [0.2, 0.25) is 11.8 Å². The van der Waals surface area contributed by atoms with Crippen molar-refractivity contribution in [1.82, 2.24) is 10.2 Å². The molecule has 5 N–H and O–H groups in total. The van der Waals surface area contributed by atoms with Gasteiger partial charge in [0.15, 0.2) is 0 Å². The Morgan fingerprint density at radius 3 is 2.61 bits per heavy atom. The molecular formula is C22H27N3O7S. The molecule has 1 aromatic carbocycles. The first-order chi connectivity index (χ1) is 15.6. The van der Waals surface area contributed by atoms with Gasteiger partial charge in [-0.2, -0.15) is 0 Å². The molecule has 0 aliphatic carbocycles. The third kappa shape index (κ3) is 5.92. The number of carboxylic acid groups (broad SMARTS) is 2. The molecule has 1 saturated heterocycles. The molecule has 178 valence electrons. The van der Waals surface area contributed by atoms with E-state index in [0.717, 1.165) is 0 Å². The van der Waals surface area contributed by atoms with Gasteiger partial charge in [-0.05, 0) is 31.5 Å². The Labute approximate surface area is 195 Å². The lowest BCUT2D eigenvalue weighted by atomic mass is 10.1. The average Bonchev–Trinajstić information content (AvgIpc) is 3.33. The number of benzene rings is 1. The number of carboxylic acids is 2. The van der Waals surface area contributed by atoms with Crippen molar-refractivity contribution in [2.45, 2.75) is 44.1 Å². The second-order valence-corrected chi connectivity index (χ2v) is 9.63. The molecule has 0 aromatic heterocycles. The predicted octanol–water partition coefficient (Wildman–Crippen LogP) is 1.33. The van der Waals surface area contributed by atoms with Crippen LogP contribution in [0.15, 0.2) is 34.9 Å². The number of aromatic carboxylic acids is 1. The molecule has 0 saturated carbocycles. The fraction of sp³-hybridized carbons (Fsp3) is 0.455. The Morgan fingerprint density at radius 2 is 1.97 bits per heavy atom. The van der Waals surface area contributed by atoms with E-state index in [1.165, 1.54) is 35.7 Å².